The first-order valence-electron chi connectivity index (χ1n) is 4.54. The third-order valence-corrected chi connectivity index (χ3v) is 1.73. The van der Waals surface area contributed by atoms with Crippen LogP contribution in [-0.4, -0.2) is 9.97 Å². The number of nitrogens with zero attached hydrogens (tertiary/aromatic N) is 3. The van der Waals surface area contributed by atoms with E-state index >= 15 is 0 Å². The molecule has 0 unspecified atom stereocenters. The molecule has 13 heavy (non-hydrogen) atoms. The van der Waals surface area contributed by atoms with Gasteiger partial charge in [-0.1, -0.05) is 13.3 Å². The van der Waals surface area contributed by atoms with Gasteiger partial charge in [0.15, 0.2) is 0 Å². The second kappa shape index (κ2) is 5.26. The van der Waals surface area contributed by atoms with Crippen LogP contribution in [0.5, 0.6) is 0 Å². The molecule has 0 fully saturated rings. The molecule has 0 saturated heterocycles. The van der Waals surface area contributed by atoms with Crippen molar-refractivity contribution in [2.24, 2.45) is 0 Å². The Labute approximate surface area is 78.5 Å². The lowest BCUT2D eigenvalue weighted by atomic mass is 10.2. The fraction of sp³-hybridized carbons (Fsp3) is 0.500. The average Bonchev–Trinajstić information content (AvgIpc) is 2.16. The zero-order valence-electron chi connectivity index (χ0n) is 7.82. The van der Waals surface area contributed by atoms with Crippen LogP contribution in [0, 0.1) is 11.3 Å². The topological polar surface area (TPSA) is 49.6 Å². The molecule has 0 amide bonds. The van der Waals surface area contributed by atoms with Gasteiger partial charge in [-0.3, -0.25) is 0 Å². The molecule has 0 radical (unpaired) electrons. The molecular weight excluding hydrogens is 162 g/mol. The van der Waals surface area contributed by atoms with Crippen molar-refractivity contribution in [3.05, 3.63) is 23.8 Å². The molecule has 3 nitrogen and oxygen atoms in total. The molecule has 1 aromatic heterocycles. The number of nitriles is 1. The highest BCUT2D eigenvalue weighted by atomic mass is 14.9. The lowest BCUT2D eigenvalue weighted by Gasteiger charge is -1.99. The SMILES string of the molecule is CCCc1ccnc(CCC#N)n1. The Morgan fingerprint density at radius 3 is 3.00 bits per heavy atom. The highest BCUT2D eigenvalue weighted by Crippen LogP contribution is 2.00. The van der Waals surface area contributed by atoms with E-state index in [1.165, 1.54) is 0 Å². The van der Waals surface area contributed by atoms with Gasteiger partial charge in [0.2, 0.25) is 0 Å². The van der Waals surface area contributed by atoms with Crippen LogP contribution in [0.4, 0.5) is 0 Å². The van der Waals surface area contributed by atoms with Crippen molar-refractivity contribution in [1.82, 2.24) is 9.97 Å². The van der Waals surface area contributed by atoms with E-state index in [0.717, 1.165) is 24.4 Å². The Kier molecular flexibility index (Phi) is 3.90. The lowest BCUT2D eigenvalue weighted by Crippen LogP contribution is -1.98. The summed E-state index contributed by atoms with van der Waals surface area (Å²) in [5, 5.41) is 8.39. The minimum atomic E-state index is 0.496. The van der Waals surface area contributed by atoms with E-state index in [9.17, 15) is 0 Å². The zero-order chi connectivity index (χ0) is 9.52. The molecule has 0 bridgehead atoms. The largest absolute Gasteiger partial charge is 0.241 e. The molecule has 3 heteroatoms. The van der Waals surface area contributed by atoms with Gasteiger partial charge in [0.05, 0.1) is 6.07 Å². The molecular formula is C10H13N3. The minimum Gasteiger partial charge on any atom is -0.241 e. The second-order valence-corrected chi connectivity index (χ2v) is 2.87. The average molecular weight is 175 g/mol. The van der Waals surface area contributed by atoms with Crippen LogP contribution in [0.1, 0.15) is 31.3 Å². The number of hydrogen-bond acceptors (Lipinski definition) is 3. The van der Waals surface area contributed by atoms with Crippen LogP contribution in [0.15, 0.2) is 12.3 Å². The van der Waals surface area contributed by atoms with E-state index in [0.29, 0.717) is 12.8 Å². The molecule has 1 rings (SSSR count). The molecule has 68 valence electrons. The van der Waals surface area contributed by atoms with Crippen molar-refractivity contribution in [2.45, 2.75) is 32.6 Å². The number of aryl methyl sites for hydroxylation is 2. The van der Waals surface area contributed by atoms with Crippen molar-refractivity contribution < 1.29 is 0 Å². The summed E-state index contributed by atoms with van der Waals surface area (Å²) in [5.74, 6) is 0.785. The van der Waals surface area contributed by atoms with Crippen LogP contribution < -0.4 is 0 Å². The minimum absolute atomic E-state index is 0.496. The van der Waals surface area contributed by atoms with Crippen molar-refractivity contribution in [1.29, 1.82) is 5.26 Å². The predicted octanol–water partition coefficient (Wildman–Crippen LogP) is 1.89. The molecule has 0 aliphatic carbocycles. The first-order chi connectivity index (χ1) is 6.36. The van der Waals surface area contributed by atoms with E-state index in [1.54, 1.807) is 6.20 Å². The fourth-order valence-electron chi connectivity index (χ4n) is 1.12. The lowest BCUT2D eigenvalue weighted by molar-refractivity contribution is 0.816. The second-order valence-electron chi connectivity index (χ2n) is 2.87. The van der Waals surface area contributed by atoms with Crippen molar-refractivity contribution in [2.75, 3.05) is 0 Å². The quantitative estimate of drug-likeness (QED) is 0.702. The monoisotopic (exact) mass is 175 g/mol. The summed E-state index contributed by atoms with van der Waals surface area (Å²) in [6.07, 6.45) is 5.01. The molecule has 0 saturated carbocycles. The molecule has 0 aliphatic heterocycles. The maximum Gasteiger partial charge on any atom is 0.129 e. The summed E-state index contributed by atoms with van der Waals surface area (Å²) in [6, 6.07) is 4.02. The van der Waals surface area contributed by atoms with Gasteiger partial charge in [-0.15, -0.1) is 0 Å². The van der Waals surface area contributed by atoms with Crippen LogP contribution in [0.25, 0.3) is 0 Å². The Morgan fingerprint density at radius 2 is 2.31 bits per heavy atom. The first kappa shape index (κ1) is 9.66. The van der Waals surface area contributed by atoms with Crippen molar-refractivity contribution >= 4 is 0 Å². The van der Waals surface area contributed by atoms with E-state index in [4.69, 9.17) is 5.26 Å². The predicted molar refractivity (Wildman–Crippen MR) is 50.0 cm³/mol. The molecule has 1 aromatic rings. The normalized spacial score (nSPS) is 9.54. The Hall–Kier alpha value is -1.43. The third kappa shape index (κ3) is 3.20. The zero-order valence-corrected chi connectivity index (χ0v) is 7.82. The van der Waals surface area contributed by atoms with Gasteiger partial charge < -0.3 is 0 Å². The van der Waals surface area contributed by atoms with E-state index in [-0.39, 0.29) is 0 Å². The Bertz CT molecular complexity index is 301. The van der Waals surface area contributed by atoms with E-state index in [2.05, 4.69) is 23.0 Å². The van der Waals surface area contributed by atoms with E-state index in [1.807, 2.05) is 6.07 Å². The van der Waals surface area contributed by atoms with Gasteiger partial charge in [0, 0.05) is 24.7 Å². The van der Waals surface area contributed by atoms with Gasteiger partial charge in [-0.2, -0.15) is 5.26 Å². The summed E-state index contributed by atoms with van der Waals surface area (Å²) >= 11 is 0. The maximum atomic E-state index is 8.39. The van der Waals surface area contributed by atoms with Gasteiger partial charge in [-0.05, 0) is 12.5 Å². The Morgan fingerprint density at radius 1 is 1.46 bits per heavy atom. The van der Waals surface area contributed by atoms with E-state index < -0.39 is 0 Å². The van der Waals surface area contributed by atoms with Crippen LogP contribution >= 0.6 is 0 Å². The third-order valence-electron chi connectivity index (χ3n) is 1.73. The van der Waals surface area contributed by atoms with Crippen LogP contribution in [0.3, 0.4) is 0 Å². The first-order valence-corrected chi connectivity index (χ1v) is 4.54. The summed E-state index contributed by atoms with van der Waals surface area (Å²) in [5.41, 5.74) is 1.07. The fourth-order valence-corrected chi connectivity index (χ4v) is 1.12. The highest BCUT2D eigenvalue weighted by molar-refractivity contribution is 5.03. The van der Waals surface area contributed by atoms with Gasteiger partial charge in [0.1, 0.15) is 5.82 Å². The van der Waals surface area contributed by atoms with Gasteiger partial charge >= 0.3 is 0 Å². The summed E-state index contributed by atoms with van der Waals surface area (Å²) < 4.78 is 0. The van der Waals surface area contributed by atoms with Crippen LogP contribution in [-0.2, 0) is 12.8 Å². The maximum absolute atomic E-state index is 8.39. The molecule has 0 N–H and O–H groups in total. The van der Waals surface area contributed by atoms with Crippen molar-refractivity contribution in [3.8, 4) is 6.07 Å². The number of aromatic nitrogens is 2. The number of hydrogen-bond donors (Lipinski definition) is 0. The molecule has 0 aliphatic rings. The highest BCUT2D eigenvalue weighted by Gasteiger charge is 1.97. The molecule has 0 spiro atoms. The van der Waals surface area contributed by atoms with Crippen molar-refractivity contribution in [3.63, 3.8) is 0 Å². The molecule has 0 atom stereocenters. The summed E-state index contributed by atoms with van der Waals surface area (Å²) in [4.78, 5) is 8.43. The molecule has 1 heterocycles. The standard InChI is InChI=1S/C10H13N3/c1-2-4-9-6-8-12-10(13-9)5-3-7-11/h6,8H,2-5H2,1H3. The van der Waals surface area contributed by atoms with Crippen LogP contribution in [0.2, 0.25) is 0 Å². The van der Waals surface area contributed by atoms with Gasteiger partial charge in [-0.25, -0.2) is 9.97 Å². The molecule has 0 aromatic carbocycles. The summed E-state index contributed by atoms with van der Waals surface area (Å²) in [6.45, 7) is 2.12. The summed E-state index contributed by atoms with van der Waals surface area (Å²) in [7, 11) is 0. The smallest absolute Gasteiger partial charge is 0.129 e. The Balaban J connectivity index is 2.63. The number of rotatable bonds is 4. The van der Waals surface area contributed by atoms with Gasteiger partial charge in [0.25, 0.3) is 0 Å².